The predicted molar refractivity (Wildman–Crippen MR) is 92.7 cm³/mol. The van der Waals surface area contributed by atoms with E-state index in [1.54, 1.807) is 31.2 Å². The molecular formula is C20H18O5. The monoisotopic (exact) mass is 338 g/mol. The molecule has 25 heavy (non-hydrogen) atoms. The molecule has 3 rings (SSSR count). The Kier molecular flexibility index (Phi) is 4.86. The van der Waals surface area contributed by atoms with Gasteiger partial charge in [-0.15, -0.1) is 0 Å². The molecule has 128 valence electrons. The zero-order chi connectivity index (χ0) is 17.8. The van der Waals surface area contributed by atoms with Crippen LogP contribution in [0.1, 0.15) is 28.8 Å². The summed E-state index contributed by atoms with van der Waals surface area (Å²) in [5.74, 6) is 0.222. The molecule has 5 nitrogen and oxygen atoms in total. The fraction of sp³-hybridized carbons (Fsp3) is 0.150. The molecule has 1 atom stereocenters. The first-order valence-electron chi connectivity index (χ1n) is 7.83. The number of ether oxygens (including phenoxy) is 1. The van der Waals surface area contributed by atoms with E-state index in [1.165, 1.54) is 6.07 Å². The Hall–Kier alpha value is -3.05. The molecule has 0 bridgehead atoms. The molecule has 2 aromatic carbocycles. The lowest BCUT2D eigenvalue weighted by atomic mass is 10.1. The van der Waals surface area contributed by atoms with Crippen LogP contribution in [0.3, 0.4) is 0 Å². The molecule has 0 aliphatic rings. The number of rotatable bonds is 5. The van der Waals surface area contributed by atoms with Gasteiger partial charge in [-0.2, -0.15) is 0 Å². The summed E-state index contributed by atoms with van der Waals surface area (Å²) in [5, 5.41) is 20.2. The van der Waals surface area contributed by atoms with Crippen molar-refractivity contribution in [3.05, 3.63) is 93.5 Å². The maximum absolute atomic E-state index is 11.6. The van der Waals surface area contributed by atoms with Crippen molar-refractivity contribution < 1.29 is 19.4 Å². The molecule has 1 aromatic heterocycles. The van der Waals surface area contributed by atoms with Crippen LogP contribution in [-0.2, 0) is 6.61 Å². The topological polar surface area (TPSA) is 79.9 Å². The molecular weight excluding hydrogens is 320 g/mol. The van der Waals surface area contributed by atoms with Gasteiger partial charge in [-0.1, -0.05) is 42.5 Å². The highest BCUT2D eigenvalue weighted by molar-refractivity contribution is 5.36. The molecule has 0 radical (unpaired) electrons. The molecule has 1 heterocycles. The van der Waals surface area contributed by atoms with E-state index in [-0.39, 0.29) is 5.76 Å². The van der Waals surface area contributed by atoms with Gasteiger partial charge in [-0.3, -0.25) is 4.79 Å². The van der Waals surface area contributed by atoms with Crippen molar-refractivity contribution in [2.45, 2.75) is 19.6 Å². The Balaban J connectivity index is 1.75. The average molecular weight is 338 g/mol. The van der Waals surface area contributed by atoms with Crippen LogP contribution in [0.5, 0.6) is 11.5 Å². The number of aliphatic hydroxyl groups is 1. The smallest absolute Gasteiger partial charge is 0.227 e. The maximum Gasteiger partial charge on any atom is 0.227 e. The molecule has 0 fully saturated rings. The standard InChI is InChI=1S/C20H18O5/c1-13-11-17(21)19(23)20(25-13)18(22)15-7-9-16(10-8-15)24-12-14-5-3-2-4-6-14/h2-11,18,22-23H,12H2,1H3. The molecule has 5 heteroatoms. The highest BCUT2D eigenvalue weighted by Gasteiger charge is 2.20. The zero-order valence-electron chi connectivity index (χ0n) is 13.7. The molecule has 0 amide bonds. The van der Waals surface area contributed by atoms with Crippen LogP contribution in [0.4, 0.5) is 0 Å². The Labute approximate surface area is 144 Å². The third-order valence-corrected chi connectivity index (χ3v) is 3.76. The molecule has 0 saturated heterocycles. The lowest BCUT2D eigenvalue weighted by Gasteiger charge is -2.13. The summed E-state index contributed by atoms with van der Waals surface area (Å²) >= 11 is 0. The van der Waals surface area contributed by atoms with E-state index < -0.39 is 17.3 Å². The second-order valence-electron chi connectivity index (χ2n) is 5.68. The lowest BCUT2D eigenvalue weighted by molar-refractivity contribution is 0.176. The summed E-state index contributed by atoms with van der Waals surface area (Å²) in [6, 6.07) is 17.7. The summed E-state index contributed by atoms with van der Waals surface area (Å²) in [5.41, 5.74) is 0.954. The average Bonchev–Trinajstić information content (AvgIpc) is 2.63. The van der Waals surface area contributed by atoms with Crippen molar-refractivity contribution in [1.29, 1.82) is 0 Å². The van der Waals surface area contributed by atoms with Crippen molar-refractivity contribution in [1.82, 2.24) is 0 Å². The van der Waals surface area contributed by atoms with Gasteiger partial charge in [0.15, 0.2) is 5.76 Å². The first-order chi connectivity index (χ1) is 12.0. The van der Waals surface area contributed by atoms with Crippen molar-refractivity contribution in [2.75, 3.05) is 0 Å². The van der Waals surface area contributed by atoms with Gasteiger partial charge in [-0.25, -0.2) is 0 Å². The van der Waals surface area contributed by atoms with Crippen molar-refractivity contribution in [2.24, 2.45) is 0 Å². The summed E-state index contributed by atoms with van der Waals surface area (Å²) in [6.07, 6.45) is -1.24. The van der Waals surface area contributed by atoms with Crippen LogP contribution in [-0.4, -0.2) is 10.2 Å². The normalized spacial score (nSPS) is 11.9. The van der Waals surface area contributed by atoms with Gasteiger partial charge in [0, 0.05) is 6.07 Å². The molecule has 0 spiro atoms. The third-order valence-electron chi connectivity index (χ3n) is 3.76. The largest absolute Gasteiger partial charge is 0.502 e. The number of hydrogen-bond acceptors (Lipinski definition) is 5. The first kappa shape index (κ1) is 16.8. The van der Waals surface area contributed by atoms with E-state index in [0.29, 0.717) is 23.7 Å². The van der Waals surface area contributed by atoms with Crippen molar-refractivity contribution in [3.8, 4) is 11.5 Å². The number of aryl methyl sites for hydroxylation is 1. The van der Waals surface area contributed by atoms with Crippen LogP contribution in [0.25, 0.3) is 0 Å². The van der Waals surface area contributed by atoms with Crippen LogP contribution >= 0.6 is 0 Å². The fourth-order valence-corrected chi connectivity index (χ4v) is 2.45. The van der Waals surface area contributed by atoms with Gasteiger partial charge >= 0.3 is 0 Å². The van der Waals surface area contributed by atoms with Crippen LogP contribution in [0, 0.1) is 6.92 Å². The predicted octanol–water partition coefficient (Wildman–Crippen LogP) is 3.31. The molecule has 0 aliphatic heterocycles. The highest BCUT2D eigenvalue weighted by atomic mass is 16.5. The quantitative estimate of drug-likeness (QED) is 0.746. The van der Waals surface area contributed by atoms with E-state index in [0.717, 1.165) is 5.56 Å². The molecule has 1 unspecified atom stereocenters. The van der Waals surface area contributed by atoms with E-state index in [9.17, 15) is 15.0 Å². The van der Waals surface area contributed by atoms with E-state index >= 15 is 0 Å². The minimum absolute atomic E-state index is 0.164. The lowest BCUT2D eigenvalue weighted by Crippen LogP contribution is -2.08. The van der Waals surface area contributed by atoms with Crippen LogP contribution in [0.2, 0.25) is 0 Å². The highest BCUT2D eigenvalue weighted by Crippen LogP contribution is 2.29. The number of aliphatic hydroxyl groups excluding tert-OH is 1. The SMILES string of the molecule is Cc1cc(=O)c(O)c(C(O)c2ccc(OCc3ccccc3)cc2)o1. The summed E-state index contributed by atoms with van der Waals surface area (Å²) in [7, 11) is 0. The second kappa shape index (κ2) is 7.23. The zero-order valence-corrected chi connectivity index (χ0v) is 13.7. The Morgan fingerprint density at radius 1 is 1.08 bits per heavy atom. The Morgan fingerprint density at radius 3 is 2.44 bits per heavy atom. The Bertz CT molecular complexity index is 898. The summed E-state index contributed by atoms with van der Waals surface area (Å²) in [4.78, 5) is 11.6. The van der Waals surface area contributed by atoms with Gasteiger partial charge in [0.05, 0.1) is 0 Å². The van der Waals surface area contributed by atoms with E-state index in [2.05, 4.69) is 0 Å². The number of benzene rings is 2. The van der Waals surface area contributed by atoms with Crippen molar-refractivity contribution >= 4 is 0 Å². The van der Waals surface area contributed by atoms with Gasteiger partial charge in [-0.05, 0) is 30.2 Å². The minimum atomic E-state index is -1.24. The third kappa shape index (κ3) is 3.89. The summed E-state index contributed by atoms with van der Waals surface area (Å²) < 4.78 is 11.0. The molecule has 2 N–H and O–H groups in total. The van der Waals surface area contributed by atoms with E-state index in [1.807, 2.05) is 30.3 Å². The number of aromatic hydroxyl groups is 1. The minimum Gasteiger partial charge on any atom is -0.502 e. The number of hydrogen-bond donors (Lipinski definition) is 2. The molecule has 0 saturated carbocycles. The molecule has 3 aromatic rings. The van der Waals surface area contributed by atoms with Crippen LogP contribution in [0.15, 0.2) is 69.9 Å². The summed E-state index contributed by atoms with van der Waals surface area (Å²) in [6.45, 7) is 2.02. The van der Waals surface area contributed by atoms with Gasteiger partial charge in [0.2, 0.25) is 11.2 Å². The van der Waals surface area contributed by atoms with Gasteiger partial charge < -0.3 is 19.4 Å². The van der Waals surface area contributed by atoms with Crippen molar-refractivity contribution in [3.63, 3.8) is 0 Å². The fourth-order valence-electron chi connectivity index (χ4n) is 2.45. The Morgan fingerprint density at radius 2 is 1.76 bits per heavy atom. The second-order valence-corrected chi connectivity index (χ2v) is 5.68. The maximum atomic E-state index is 11.6. The van der Waals surface area contributed by atoms with Gasteiger partial charge in [0.25, 0.3) is 0 Å². The van der Waals surface area contributed by atoms with Gasteiger partial charge in [0.1, 0.15) is 24.2 Å². The molecule has 0 aliphatic carbocycles. The van der Waals surface area contributed by atoms with Crippen LogP contribution < -0.4 is 10.2 Å². The van der Waals surface area contributed by atoms with E-state index in [4.69, 9.17) is 9.15 Å². The first-order valence-corrected chi connectivity index (χ1v) is 7.83.